The number of pyridine rings is 1. The Morgan fingerprint density at radius 2 is 2.17 bits per heavy atom. The minimum absolute atomic E-state index is 0.0613. The Labute approximate surface area is 105 Å². The molecule has 0 radical (unpaired) electrons. The van der Waals surface area contributed by atoms with E-state index in [0.29, 0.717) is 12.2 Å². The van der Waals surface area contributed by atoms with Crippen LogP contribution in [0.3, 0.4) is 0 Å². The van der Waals surface area contributed by atoms with E-state index in [1.54, 1.807) is 0 Å². The van der Waals surface area contributed by atoms with Crippen LogP contribution >= 0.6 is 0 Å². The fourth-order valence-electron chi connectivity index (χ4n) is 2.51. The normalized spacial score (nSPS) is 19.7. The molecule has 2 N–H and O–H groups in total. The van der Waals surface area contributed by atoms with Gasteiger partial charge in [-0.3, -0.25) is 4.98 Å². The number of hydrogen-bond acceptors (Lipinski definition) is 4. The highest BCUT2D eigenvalue weighted by molar-refractivity contribution is 5.92. The van der Waals surface area contributed by atoms with Gasteiger partial charge in [0.2, 0.25) is 0 Å². The van der Waals surface area contributed by atoms with E-state index in [9.17, 15) is 10.2 Å². The summed E-state index contributed by atoms with van der Waals surface area (Å²) < 4.78 is 0. The molecular weight excluding hydrogens is 228 g/mol. The maximum atomic E-state index is 9.65. The van der Waals surface area contributed by atoms with Crippen LogP contribution in [0.1, 0.15) is 12.1 Å². The van der Waals surface area contributed by atoms with Crippen molar-refractivity contribution in [3.05, 3.63) is 36.0 Å². The minimum Gasteiger partial charge on any atom is -0.391 e. The summed E-state index contributed by atoms with van der Waals surface area (Å²) in [6, 6.07) is 9.83. The molecule has 18 heavy (non-hydrogen) atoms. The maximum absolute atomic E-state index is 9.65. The Morgan fingerprint density at radius 1 is 1.33 bits per heavy atom. The first-order chi connectivity index (χ1) is 8.78. The van der Waals surface area contributed by atoms with Crippen molar-refractivity contribution < 1.29 is 10.2 Å². The van der Waals surface area contributed by atoms with Crippen LogP contribution in [0.2, 0.25) is 0 Å². The third-order valence-corrected chi connectivity index (χ3v) is 3.41. The summed E-state index contributed by atoms with van der Waals surface area (Å²) in [4.78, 5) is 6.57. The van der Waals surface area contributed by atoms with E-state index >= 15 is 0 Å². The third kappa shape index (κ3) is 1.94. The summed E-state index contributed by atoms with van der Waals surface area (Å²) >= 11 is 0. The zero-order valence-electron chi connectivity index (χ0n) is 10.1. The Hall–Kier alpha value is -1.65. The summed E-state index contributed by atoms with van der Waals surface area (Å²) in [7, 11) is 0. The molecule has 0 spiro atoms. The topological polar surface area (TPSA) is 56.6 Å². The van der Waals surface area contributed by atoms with Crippen molar-refractivity contribution in [2.24, 2.45) is 0 Å². The van der Waals surface area contributed by atoms with Gasteiger partial charge < -0.3 is 15.1 Å². The van der Waals surface area contributed by atoms with Crippen LogP contribution < -0.4 is 4.90 Å². The zero-order chi connectivity index (χ0) is 12.5. The van der Waals surface area contributed by atoms with E-state index in [4.69, 9.17) is 0 Å². The second-order valence-electron chi connectivity index (χ2n) is 4.70. The van der Waals surface area contributed by atoms with Crippen LogP contribution in [-0.2, 0) is 6.61 Å². The van der Waals surface area contributed by atoms with E-state index in [-0.39, 0.29) is 12.7 Å². The molecule has 1 aromatic carbocycles. The molecule has 1 aliphatic rings. The molecule has 0 bridgehead atoms. The molecule has 1 fully saturated rings. The van der Waals surface area contributed by atoms with Gasteiger partial charge in [0, 0.05) is 24.2 Å². The summed E-state index contributed by atoms with van der Waals surface area (Å²) in [5.41, 5.74) is 2.62. The van der Waals surface area contributed by atoms with Crippen LogP contribution in [0.5, 0.6) is 0 Å². The van der Waals surface area contributed by atoms with Crippen molar-refractivity contribution >= 4 is 16.6 Å². The number of fused-ring (bicyclic) bond motifs is 1. The van der Waals surface area contributed by atoms with Gasteiger partial charge in [-0.15, -0.1) is 0 Å². The van der Waals surface area contributed by atoms with Gasteiger partial charge in [-0.25, -0.2) is 0 Å². The average molecular weight is 244 g/mol. The first kappa shape index (κ1) is 11.4. The molecule has 94 valence electrons. The van der Waals surface area contributed by atoms with Gasteiger partial charge in [-0.05, 0) is 18.6 Å². The highest BCUT2D eigenvalue weighted by Crippen LogP contribution is 2.29. The van der Waals surface area contributed by atoms with Crippen LogP contribution in [0.4, 0.5) is 5.69 Å². The lowest BCUT2D eigenvalue weighted by molar-refractivity contribution is 0.198. The van der Waals surface area contributed by atoms with Gasteiger partial charge >= 0.3 is 0 Å². The van der Waals surface area contributed by atoms with Crippen molar-refractivity contribution in [1.82, 2.24) is 4.98 Å². The minimum atomic E-state index is -0.255. The molecule has 1 saturated heterocycles. The van der Waals surface area contributed by atoms with Gasteiger partial charge in [0.1, 0.15) is 0 Å². The summed E-state index contributed by atoms with van der Waals surface area (Å²) in [6.45, 7) is 1.44. The summed E-state index contributed by atoms with van der Waals surface area (Å²) in [6.07, 6.45) is 0.542. The number of aromatic nitrogens is 1. The summed E-state index contributed by atoms with van der Waals surface area (Å²) in [5.74, 6) is 0. The standard InChI is InChI=1S/C14H16N2O2/c17-9-10-7-14(16-6-5-11(18)8-16)12-3-1-2-4-13(12)15-10/h1-4,7,11,17-18H,5-6,8-9H2. The molecular formula is C14H16N2O2. The number of nitrogens with zero attached hydrogens (tertiary/aromatic N) is 2. The number of aliphatic hydroxyl groups excluding tert-OH is 2. The molecule has 4 nitrogen and oxygen atoms in total. The highest BCUT2D eigenvalue weighted by atomic mass is 16.3. The number of anilines is 1. The molecule has 1 aliphatic heterocycles. The van der Waals surface area contributed by atoms with Crippen LogP contribution in [-0.4, -0.2) is 34.4 Å². The van der Waals surface area contributed by atoms with E-state index in [2.05, 4.69) is 9.88 Å². The largest absolute Gasteiger partial charge is 0.391 e. The maximum Gasteiger partial charge on any atom is 0.0854 e. The fraction of sp³-hybridized carbons (Fsp3) is 0.357. The lowest BCUT2D eigenvalue weighted by atomic mass is 10.1. The highest BCUT2D eigenvalue weighted by Gasteiger charge is 2.22. The lowest BCUT2D eigenvalue weighted by Gasteiger charge is -2.20. The van der Waals surface area contributed by atoms with Crippen LogP contribution in [0.25, 0.3) is 10.9 Å². The predicted molar refractivity (Wildman–Crippen MR) is 70.5 cm³/mol. The quantitative estimate of drug-likeness (QED) is 0.836. The second-order valence-corrected chi connectivity index (χ2v) is 4.70. The molecule has 0 amide bonds. The number of β-amino-alcohol motifs (C(OH)–C–C–N with tert-alkyl or cyclic N) is 1. The van der Waals surface area contributed by atoms with Crippen molar-refractivity contribution in [3.8, 4) is 0 Å². The number of rotatable bonds is 2. The molecule has 2 heterocycles. The van der Waals surface area contributed by atoms with E-state index in [1.165, 1.54) is 0 Å². The molecule has 2 aromatic rings. The van der Waals surface area contributed by atoms with Gasteiger partial charge in [-0.1, -0.05) is 18.2 Å². The third-order valence-electron chi connectivity index (χ3n) is 3.41. The van der Waals surface area contributed by atoms with Gasteiger partial charge in [-0.2, -0.15) is 0 Å². The molecule has 1 unspecified atom stereocenters. The number of hydrogen-bond donors (Lipinski definition) is 2. The van der Waals surface area contributed by atoms with Crippen LogP contribution in [0, 0.1) is 0 Å². The SMILES string of the molecule is OCc1cc(N2CCC(O)C2)c2ccccc2n1. The van der Waals surface area contributed by atoms with Crippen molar-refractivity contribution in [1.29, 1.82) is 0 Å². The summed E-state index contributed by atoms with van der Waals surface area (Å²) in [5, 5.41) is 20.0. The molecule has 4 heteroatoms. The lowest BCUT2D eigenvalue weighted by Crippen LogP contribution is -2.21. The Balaban J connectivity index is 2.13. The molecule has 1 aromatic heterocycles. The Kier molecular flexibility index (Phi) is 2.89. The molecule has 0 saturated carbocycles. The van der Waals surface area contributed by atoms with Crippen LogP contribution in [0.15, 0.2) is 30.3 Å². The van der Waals surface area contributed by atoms with Gasteiger partial charge in [0.05, 0.1) is 23.9 Å². The van der Waals surface area contributed by atoms with Gasteiger partial charge in [0.15, 0.2) is 0 Å². The monoisotopic (exact) mass is 244 g/mol. The predicted octanol–water partition coefficient (Wildman–Crippen LogP) is 1.30. The second kappa shape index (κ2) is 4.55. The Morgan fingerprint density at radius 3 is 2.89 bits per heavy atom. The van der Waals surface area contributed by atoms with Crippen molar-refractivity contribution in [2.75, 3.05) is 18.0 Å². The number of para-hydroxylation sites is 1. The number of benzene rings is 1. The van der Waals surface area contributed by atoms with Gasteiger partial charge in [0.25, 0.3) is 0 Å². The first-order valence-corrected chi connectivity index (χ1v) is 6.20. The average Bonchev–Trinajstić information content (AvgIpc) is 2.84. The molecule has 1 atom stereocenters. The molecule has 3 rings (SSSR count). The van der Waals surface area contributed by atoms with E-state index < -0.39 is 0 Å². The van der Waals surface area contributed by atoms with E-state index in [0.717, 1.165) is 29.6 Å². The smallest absolute Gasteiger partial charge is 0.0854 e. The van der Waals surface area contributed by atoms with E-state index in [1.807, 2.05) is 30.3 Å². The molecule has 0 aliphatic carbocycles. The van der Waals surface area contributed by atoms with Crippen molar-refractivity contribution in [2.45, 2.75) is 19.1 Å². The zero-order valence-corrected chi connectivity index (χ0v) is 10.1. The van der Waals surface area contributed by atoms with Crippen molar-refractivity contribution in [3.63, 3.8) is 0 Å². The number of aliphatic hydroxyl groups is 2. The Bertz CT molecular complexity index is 571. The fourth-order valence-corrected chi connectivity index (χ4v) is 2.51. The first-order valence-electron chi connectivity index (χ1n) is 6.20.